The Kier molecular flexibility index (Phi) is 5.92. The maximum atomic E-state index is 13.2. The van der Waals surface area contributed by atoms with E-state index >= 15 is 0 Å². The lowest BCUT2D eigenvalue weighted by Crippen LogP contribution is -2.22. The SMILES string of the molecule is C=CCCC(NCCC)c1cc(F)c(F)c(F)c1. The first-order chi connectivity index (χ1) is 8.60. The standard InChI is InChI=1S/C14H18F3N/c1-3-5-6-13(18-7-4-2)10-8-11(15)14(17)12(16)9-10/h3,8-9,13,18H,1,4-7H2,2H3. The quantitative estimate of drug-likeness (QED) is 0.572. The second-order valence-corrected chi connectivity index (χ2v) is 4.17. The second-order valence-electron chi connectivity index (χ2n) is 4.17. The van der Waals surface area contributed by atoms with E-state index < -0.39 is 17.5 Å². The summed E-state index contributed by atoms with van der Waals surface area (Å²) in [6.07, 6.45) is 4.06. The second kappa shape index (κ2) is 7.21. The average molecular weight is 257 g/mol. The van der Waals surface area contributed by atoms with E-state index in [1.165, 1.54) is 0 Å². The van der Waals surface area contributed by atoms with E-state index in [0.29, 0.717) is 12.0 Å². The van der Waals surface area contributed by atoms with Gasteiger partial charge in [-0.3, -0.25) is 0 Å². The molecule has 4 heteroatoms. The van der Waals surface area contributed by atoms with Gasteiger partial charge in [-0.15, -0.1) is 6.58 Å². The summed E-state index contributed by atoms with van der Waals surface area (Å²) < 4.78 is 39.3. The maximum absolute atomic E-state index is 13.2. The summed E-state index contributed by atoms with van der Waals surface area (Å²) in [5, 5.41) is 3.19. The van der Waals surface area contributed by atoms with Crippen molar-refractivity contribution in [2.45, 2.75) is 32.2 Å². The molecular formula is C14H18F3N. The van der Waals surface area contributed by atoms with Gasteiger partial charge in [0.2, 0.25) is 0 Å². The Hall–Kier alpha value is -1.29. The van der Waals surface area contributed by atoms with Crippen molar-refractivity contribution in [3.05, 3.63) is 47.8 Å². The molecule has 18 heavy (non-hydrogen) atoms. The summed E-state index contributed by atoms with van der Waals surface area (Å²) in [4.78, 5) is 0. The van der Waals surface area contributed by atoms with Crippen LogP contribution in [0.25, 0.3) is 0 Å². The summed E-state index contributed by atoms with van der Waals surface area (Å²) in [5.74, 6) is -3.71. The highest BCUT2D eigenvalue weighted by Crippen LogP contribution is 2.23. The molecular weight excluding hydrogens is 239 g/mol. The van der Waals surface area contributed by atoms with Crippen LogP contribution in [0, 0.1) is 17.5 Å². The zero-order valence-electron chi connectivity index (χ0n) is 10.5. The van der Waals surface area contributed by atoms with Crippen LogP contribution >= 0.6 is 0 Å². The molecule has 0 aromatic heterocycles. The number of nitrogens with one attached hydrogen (secondary N) is 1. The summed E-state index contributed by atoms with van der Waals surface area (Å²) >= 11 is 0. The van der Waals surface area contributed by atoms with Gasteiger partial charge in [0.15, 0.2) is 17.5 Å². The van der Waals surface area contributed by atoms with Crippen LogP contribution in [0.5, 0.6) is 0 Å². The van der Waals surface area contributed by atoms with E-state index in [0.717, 1.165) is 31.5 Å². The Bertz CT molecular complexity index is 381. The summed E-state index contributed by atoms with van der Waals surface area (Å²) in [6.45, 7) is 6.36. The first-order valence-corrected chi connectivity index (χ1v) is 6.08. The minimum atomic E-state index is -1.42. The monoisotopic (exact) mass is 257 g/mol. The fourth-order valence-corrected chi connectivity index (χ4v) is 1.77. The van der Waals surface area contributed by atoms with Gasteiger partial charge in [-0.05, 0) is 43.5 Å². The van der Waals surface area contributed by atoms with E-state index in [2.05, 4.69) is 11.9 Å². The average Bonchev–Trinajstić information content (AvgIpc) is 2.35. The van der Waals surface area contributed by atoms with Crippen LogP contribution in [0.1, 0.15) is 37.8 Å². The lowest BCUT2D eigenvalue weighted by molar-refractivity contribution is 0.436. The number of hydrogen-bond donors (Lipinski definition) is 1. The van der Waals surface area contributed by atoms with Gasteiger partial charge in [-0.1, -0.05) is 13.0 Å². The van der Waals surface area contributed by atoms with Gasteiger partial charge in [-0.2, -0.15) is 0 Å². The number of benzene rings is 1. The van der Waals surface area contributed by atoms with Gasteiger partial charge in [0.25, 0.3) is 0 Å². The molecule has 1 aromatic carbocycles. The van der Waals surface area contributed by atoms with Gasteiger partial charge < -0.3 is 5.32 Å². The van der Waals surface area contributed by atoms with Gasteiger partial charge in [-0.25, -0.2) is 13.2 Å². The molecule has 0 aliphatic heterocycles. The molecule has 0 heterocycles. The van der Waals surface area contributed by atoms with Crippen LogP contribution in [0.3, 0.4) is 0 Å². The predicted octanol–water partition coefficient (Wildman–Crippen LogP) is 4.11. The first-order valence-electron chi connectivity index (χ1n) is 6.08. The van der Waals surface area contributed by atoms with Crippen molar-refractivity contribution < 1.29 is 13.2 Å². The molecule has 1 N–H and O–H groups in total. The summed E-state index contributed by atoms with van der Waals surface area (Å²) in [6, 6.07) is 1.91. The Morgan fingerprint density at radius 1 is 1.28 bits per heavy atom. The van der Waals surface area contributed by atoms with Gasteiger partial charge in [0.1, 0.15) is 0 Å². The van der Waals surface area contributed by atoms with Gasteiger partial charge in [0.05, 0.1) is 0 Å². The molecule has 1 nitrogen and oxygen atoms in total. The van der Waals surface area contributed by atoms with Crippen LogP contribution in [0.4, 0.5) is 13.2 Å². The molecule has 1 unspecified atom stereocenters. The molecule has 0 spiro atoms. The summed E-state index contributed by atoms with van der Waals surface area (Å²) in [5.41, 5.74) is 0.432. The van der Waals surface area contributed by atoms with Crippen LogP contribution in [-0.4, -0.2) is 6.54 Å². The molecule has 0 radical (unpaired) electrons. The van der Waals surface area contributed by atoms with Crippen LogP contribution in [-0.2, 0) is 0 Å². The van der Waals surface area contributed by atoms with Crippen molar-refractivity contribution in [3.8, 4) is 0 Å². The molecule has 0 aliphatic carbocycles. The third-order valence-corrected chi connectivity index (χ3v) is 2.71. The Labute approximate surface area is 106 Å². The fraction of sp³-hybridized carbons (Fsp3) is 0.429. The topological polar surface area (TPSA) is 12.0 Å². The van der Waals surface area contributed by atoms with Crippen molar-refractivity contribution >= 4 is 0 Å². The van der Waals surface area contributed by atoms with E-state index in [4.69, 9.17) is 0 Å². The Balaban J connectivity index is 2.92. The smallest absolute Gasteiger partial charge is 0.194 e. The van der Waals surface area contributed by atoms with E-state index in [1.54, 1.807) is 6.08 Å². The van der Waals surface area contributed by atoms with Crippen molar-refractivity contribution in [1.82, 2.24) is 5.32 Å². The van der Waals surface area contributed by atoms with E-state index in [9.17, 15) is 13.2 Å². The van der Waals surface area contributed by atoms with Gasteiger partial charge >= 0.3 is 0 Å². The fourth-order valence-electron chi connectivity index (χ4n) is 1.77. The minimum absolute atomic E-state index is 0.187. The highest BCUT2D eigenvalue weighted by Gasteiger charge is 2.16. The number of rotatable bonds is 7. The molecule has 0 amide bonds. The van der Waals surface area contributed by atoms with Crippen molar-refractivity contribution in [2.75, 3.05) is 6.54 Å². The maximum Gasteiger partial charge on any atom is 0.194 e. The normalized spacial score (nSPS) is 12.4. The number of hydrogen-bond acceptors (Lipinski definition) is 1. The van der Waals surface area contributed by atoms with E-state index in [1.807, 2.05) is 6.92 Å². The summed E-state index contributed by atoms with van der Waals surface area (Å²) in [7, 11) is 0. The lowest BCUT2D eigenvalue weighted by atomic mass is 10.0. The van der Waals surface area contributed by atoms with Crippen LogP contribution in [0.2, 0.25) is 0 Å². The minimum Gasteiger partial charge on any atom is -0.310 e. The van der Waals surface area contributed by atoms with Crippen molar-refractivity contribution in [3.63, 3.8) is 0 Å². The number of halogens is 3. The van der Waals surface area contributed by atoms with E-state index in [-0.39, 0.29) is 6.04 Å². The predicted molar refractivity (Wildman–Crippen MR) is 66.8 cm³/mol. The highest BCUT2D eigenvalue weighted by atomic mass is 19.2. The van der Waals surface area contributed by atoms with Crippen LogP contribution in [0.15, 0.2) is 24.8 Å². The Morgan fingerprint density at radius 3 is 2.39 bits per heavy atom. The largest absolute Gasteiger partial charge is 0.310 e. The molecule has 1 aromatic rings. The molecule has 0 aliphatic rings. The first kappa shape index (κ1) is 14.8. The molecule has 1 rings (SSSR count). The molecule has 0 fully saturated rings. The molecule has 0 saturated heterocycles. The third kappa shape index (κ3) is 3.88. The number of allylic oxidation sites excluding steroid dienone is 1. The molecule has 1 atom stereocenters. The van der Waals surface area contributed by atoms with Crippen molar-refractivity contribution in [1.29, 1.82) is 0 Å². The molecule has 0 bridgehead atoms. The Morgan fingerprint density at radius 2 is 1.89 bits per heavy atom. The third-order valence-electron chi connectivity index (χ3n) is 2.71. The van der Waals surface area contributed by atoms with Crippen molar-refractivity contribution in [2.24, 2.45) is 0 Å². The zero-order valence-corrected chi connectivity index (χ0v) is 10.5. The lowest BCUT2D eigenvalue weighted by Gasteiger charge is -2.18. The molecule has 0 saturated carbocycles. The van der Waals surface area contributed by atoms with Crippen LogP contribution < -0.4 is 5.32 Å². The molecule has 100 valence electrons. The van der Waals surface area contributed by atoms with Gasteiger partial charge in [0, 0.05) is 6.04 Å². The highest BCUT2D eigenvalue weighted by molar-refractivity contribution is 5.22. The zero-order chi connectivity index (χ0) is 13.5.